The first-order chi connectivity index (χ1) is 16.7. The van der Waals surface area contributed by atoms with Crippen molar-refractivity contribution in [2.75, 3.05) is 25.5 Å². The number of hydrogen-bond acceptors (Lipinski definition) is 5. The van der Waals surface area contributed by atoms with E-state index in [0.717, 1.165) is 6.07 Å². The van der Waals surface area contributed by atoms with Crippen molar-refractivity contribution >= 4 is 23.6 Å². The van der Waals surface area contributed by atoms with Crippen LogP contribution in [0.25, 0.3) is 0 Å². The van der Waals surface area contributed by atoms with Gasteiger partial charge in [0.25, 0.3) is 0 Å². The molecule has 4 rings (SSSR count). The zero-order valence-electron chi connectivity index (χ0n) is 19.0. The average Bonchev–Trinajstić information content (AvgIpc) is 3.44. The van der Waals surface area contributed by atoms with Crippen LogP contribution in [0, 0.1) is 17.5 Å². The van der Waals surface area contributed by atoms with Crippen LogP contribution in [0.15, 0.2) is 36.4 Å². The van der Waals surface area contributed by atoms with Gasteiger partial charge >= 0.3 is 12.0 Å². The molecular weight excluding hydrogens is 465 g/mol. The van der Waals surface area contributed by atoms with Crippen molar-refractivity contribution in [1.82, 2.24) is 9.80 Å². The molecule has 2 aliphatic rings. The molecule has 3 amide bonds. The highest BCUT2D eigenvalue weighted by atomic mass is 19.2. The summed E-state index contributed by atoms with van der Waals surface area (Å²) >= 11 is 0. The predicted molar refractivity (Wildman–Crippen MR) is 120 cm³/mol. The molecule has 2 saturated heterocycles. The number of piperazine rings is 1. The Labute approximate surface area is 199 Å². The number of nitrogens with one attached hydrogen (secondary N) is 1. The SMILES string of the molecule is COC(=O)c1ccccc1NC(=O)N1C[C@@H]2C[C@@H]1CN2C(=O)C[C@H](N)Cc1cc(F)c(F)cc1F. The van der Waals surface area contributed by atoms with Crippen LogP contribution >= 0.6 is 0 Å². The topological polar surface area (TPSA) is 105 Å². The molecule has 2 fully saturated rings. The van der Waals surface area contributed by atoms with Crippen LogP contribution in [0.1, 0.15) is 28.8 Å². The van der Waals surface area contributed by atoms with Gasteiger partial charge in [-0.2, -0.15) is 0 Å². The summed E-state index contributed by atoms with van der Waals surface area (Å²) < 4.78 is 45.2. The van der Waals surface area contributed by atoms with E-state index in [1.54, 1.807) is 34.1 Å². The normalized spacial score (nSPS) is 19.6. The van der Waals surface area contributed by atoms with Gasteiger partial charge in [-0.25, -0.2) is 22.8 Å². The summed E-state index contributed by atoms with van der Waals surface area (Å²) in [5.74, 6) is -4.19. The second kappa shape index (κ2) is 9.95. The molecule has 2 aromatic rings. The number of rotatable bonds is 6. The van der Waals surface area contributed by atoms with Crippen LogP contribution in [0.2, 0.25) is 0 Å². The minimum absolute atomic E-state index is 0.0952. The van der Waals surface area contributed by atoms with Gasteiger partial charge in [0.2, 0.25) is 5.91 Å². The number of nitrogens with zero attached hydrogens (tertiary/aromatic N) is 2. The molecule has 0 radical (unpaired) electrons. The van der Waals surface area contributed by atoms with E-state index in [9.17, 15) is 27.6 Å². The fourth-order valence-corrected chi connectivity index (χ4v) is 4.70. The molecule has 0 spiro atoms. The summed E-state index contributed by atoms with van der Waals surface area (Å²) in [6.45, 7) is 0.636. The lowest BCUT2D eigenvalue weighted by Gasteiger charge is -2.34. The van der Waals surface area contributed by atoms with Crippen molar-refractivity contribution in [3.05, 3.63) is 65.0 Å². The zero-order valence-corrected chi connectivity index (χ0v) is 19.0. The van der Waals surface area contributed by atoms with Crippen LogP contribution in [-0.2, 0) is 16.0 Å². The zero-order chi connectivity index (χ0) is 25.3. The Morgan fingerprint density at radius 2 is 1.71 bits per heavy atom. The maximum Gasteiger partial charge on any atom is 0.339 e. The first kappa shape index (κ1) is 24.5. The van der Waals surface area contributed by atoms with E-state index in [2.05, 4.69) is 5.32 Å². The van der Waals surface area contributed by atoms with Gasteiger partial charge in [0.15, 0.2) is 11.6 Å². The lowest BCUT2D eigenvalue weighted by atomic mass is 10.0. The van der Waals surface area contributed by atoms with E-state index in [0.29, 0.717) is 31.3 Å². The van der Waals surface area contributed by atoms with E-state index >= 15 is 0 Å². The van der Waals surface area contributed by atoms with Gasteiger partial charge in [-0.15, -0.1) is 0 Å². The maximum atomic E-state index is 13.9. The van der Waals surface area contributed by atoms with E-state index < -0.39 is 29.5 Å². The number of hydrogen-bond donors (Lipinski definition) is 2. The Bertz CT molecular complexity index is 1160. The van der Waals surface area contributed by atoms with Crippen LogP contribution in [-0.4, -0.2) is 66.0 Å². The molecule has 186 valence electrons. The molecule has 11 heteroatoms. The van der Waals surface area contributed by atoms with E-state index in [4.69, 9.17) is 10.5 Å². The van der Waals surface area contributed by atoms with Gasteiger partial charge in [0, 0.05) is 31.6 Å². The third kappa shape index (κ3) is 5.09. The van der Waals surface area contributed by atoms with Gasteiger partial charge in [-0.05, 0) is 36.6 Å². The first-order valence-electron chi connectivity index (χ1n) is 11.1. The molecule has 0 aliphatic carbocycles. The molecule has 2 aliphatic heterocycles. The molecule has 8 nitrogen and oxygen atoms in total. The quantitative estimate of drug-likeness (QED) is 0.479. The number of urea groups is 1. The van der Waals surface area contributed by atoms with Gasteiger partial charge in [-0.3, -0.25) is 4.79 Å². The second-order valence-electron chi connectivity index (χ2n) is 8.74. The van der Waals surface area contributed by atoms with Gasteiger partial charge < -0.3 is 25.6 Å². The molecule has 0 aromatic heterocycles. The highest BCUT2D eigenvalue weighted by Crippen LogP contribution is 2.32. The average molecular weight is 490 g/mol. The number of carbonyl (C=O) groups excluding carboxylic acids is 3. The van der Waals surface area contributed by atoms with Gasteiger partial charge in [0.05, 0.1) is 30.4 Å². The Morgan fingerprint density at radius 3 is 2.40 bits per heavy atom. The van der Waals surface area contributed by atoms with E-state index in [1.165, 1.54) is 7.11 Å². The maximum absolute atomic E-state index is 13.9. The molecular formula is C24H25F3N4O4. The predicted octanol–water partition coefficient (Wildman–Crippen LogP) is 2.67. The number of anilines is 1. The van der Waals surface area contributed by atoms with Crippen molar-refractivity contribution in [1.29, 1.82) is 0 Å². The molecule has 2 aromatic carbocycles. The Kier molecular flexibility index (Phi) is 6.97. The van der Waals surface area contributed by atoms with E-state index in [-0.39, 0.29) is 48.0 Å². The van der Waals surface area contributed by atoms with E-state index in [1.807, 2.05) is 0 Å². The number of ether oxygens (including phenoxy) is 1. The third-order valence-electron chi connectivity index (χ3n) is 6.40. The number of para-hydroxylation sites is 1. The smallest absolute Gasteiger partial charge is 0.339 e. The Balaban J connectivity index is 1.33. The van der Waals surface area contributed by atoms with Crippen molar-refractivity contribution in [3.8, 4) is 0 Å². The number of fused-ring (bicyclic) bond motifs is 2. The number of methoxy groups -OCH3 is 1. The lowest BCUT2D eigenvalue weighted by Crippen LogP contribution is -2.52. The minimum atomic E-state index is -1.29. The summed E-state index contributed by atoms with van der Waals surface area (Å²) in [5, 5.41) is 2.74. The standard InChI is InChI=1S/C24H25F3N4O4/c1-35-23(33)17-4-2-3-5-21(17)29-24(34)31-12-15-9-16(31)11-30(15)22(32)8-14(28)6-13-7-19(26)20(27)10-18(13)25/h2-5,7,10,14-16H,6,8-9,11-12,28H2,1H3,(H,29,34)/t14-,15+,16-/m1/s1. The first-order valence-corrected chi connectivity index (χ1v) is 11.1. The Morgan fingerprint density at radius 1 is 1.06 bits per heavy atom. The van der Waals surface area contributed by atoms with Gasteiger partial charge in [0.1, 0.15) is 5.82 Å². The summed E-state index contributed by atoms with van der Waals surface area (Å²) in [5.41, 5.74) is 6.46. The third-order valence-corrected chi connectivity index (χ3v) is 6.40. The molecule has 3 atom stereocenters. The highest BCUT2D eigenvalue weighted by Gasteiger charge is 2.47. The summed E-state index contributed by atoms with van der Waals surface area (Å²) in [4.78, 5) is 40.9. The Hall–Kier alpha value is -3.60. The lowest BCUT2D eigenvalue weighted by molar-refractivity contribution is -0.133. The summed E-state index contributed by atoms with van der Waals surface area (Å²) in [6.07, 6.45) is 0.385. The number of amides is 3. The molecule has 0 saturated carbocycles. The van der Waals surface area contributed by atoms with Crippen molar-refractivity contribution in [2.45, 2.75) is 37.4 Å². The number of esters is 1. The number of carbonyl (C=O) groups is 3. The van der Waals surface area contributed by atoms with Crippen molar-refractivity contribution in [3.63, 3.8) is 0 Å². The van der Waals surface area contributed by atoms with Crippen molar-refractivity contribution < 1.29 is 32.3 Å². The van der Waals surface area contributed by atoms with Crippen LogP contribution in [0.5, 0.6) is 0 Å². The minimum Gasteiger partial charge on any atom is -0.465 e. The molecule has 2 bridgehead atoms. The van der Waals surface area contributed by atoms with Crippen LogP contribution in [0.4, 0.5) is 23.7 Å². The number of nitrogens with two attached hydrogens (primary N) is 1. The fourth-order valence-electron chi connectivity index (χ4n) is 4.70. The van der Waals surface area contributed by atoms with Gasteiger partial charge in [-0.1, -0.05) is 12.1 Å². The molecule has 3 N–H and O–H groups in total. The molecule has 0 unspecified atom stereocenters. The number of likely N-dealkylation sites (tertiary alicyclic amines) is 2. The number of benzene rings is 2. The highest BCUT2D eigenvalue weighted by molar-refractivity contribution is 6.01. The van der Waals surface area contributed by atoms with Crippen LogP contribution < -0.4 is 11.1 Å². The monoisotopic (exact) mass is 490 g/mol. The van der Waals surface area contributed by atoms with Crippen molar-refractivity contribution in [2.24, 2.45) is 5.73 Å². The second-order valence-corrected chi connectivity index (χ2v) is 8.74. The molecule has 35 heavy (non-hydrogen) atoms. The largest absolute Gasteiger partial charge is 0.465 e. The summed E-state index contributed by atoms with van der Waals surface area (Å²) in [6, 6.07) is 6.16. The fraction of sp³-hybridized carbons (Fsp3) is 0.375. The van der Waals surface area contributed by atoms with Crippen LogP contribution in [0.3, 0.4) is 0 Å². The number of halogens is 3. The molecule has 2 heterocycles. The summed E-state index contributed by atoms with van der Waals surface area (Å²) in [7, 11) is 1.26.